The summed E-state index contributed by atoms with van der Waals surface area (Å²) < 4.78 is 5.16. The zero-order valence-corrected chi connectivity index (χ0v) is 18.5. The molecule has 2 N–H and O–H groups in total. The Bertz CT molecular complexity index is 1020. The van der Waals surface area contributed by atoms with Crippen LogP contribution in [0.1, 0.15) is 73.3 Å². The van der Waals surface area contributed by atoms with Crippen LogP contribution in [0.3, 0.4) is 0 Å². The van der Waals surface area contributed by atoms with Crippen molar-refractivity contribution in [1.29, 1.82) is 0 Å². The van der Waals surface area contributed by atoms with E-state index in [1.165, 1.54) is 32.1 Å². The second kappa shape index (κ2) is 8.96. The highest BCUT2D eigenvalue weighted by Crippen LogP contribution is 2.37. The maximum atomic E-state index is 12.7. The van der Waals surface area contributed by atoms with Gasteiger partial charge in [0.2, 0.25) is 0 Å². The molecule has 7 nitrogen and oxygen atoms in total. The fourth-order valence-corrected chi connectivity index (χ4v) is 4.30. The Morgan fingerprint density at radius 3 is 2.87 bits per heavy atom. The number of pyridine rings is 1. The Balaban J connectivity index is 1.63. The minimum absolute atomic E-state index is 0.195. The Morgan fingerprint density at radius 2 is 2.16 bits per heavy atom. The molecule has 0 aromatic carbocycles. The second-order valence-electron chi connectivity index (χ2n) is 8.23. The highest BCUT2D eigenvalue weighted by molar-refractivity contribution is 6.35. The van der Waals surface area contributed by atoms with Gasteiger partial charge in [0.25, 0.3) is 5.91 Å². The number of anilines is 2. The molecule has 0 radical (unpaired) electrons. The predicted molar refractivity (Wildman–Crippen MR) is 122 cm³/mol. The SMILES string of the molecule is CCCCC[C@H]1CCN1c1cc2c(cn1)NC(=O)/C2=C\c1[nH]c(C)cc1C(=O)OCC. The number of hydrogen-bond donors (Lipinski definition) is 2. The van der Waals surface area contributed by atoms with Crippen LogP contribution in [0.25, 0.3) is 11.6 Å². The summed E-state index contributed by atoms with van der Waals surface area (Å²) in [6, 6.07) is 4.26. The molecule has 1 amide bonds. The number of aromatic amines is 1. The van der Waals surface area contributed by atoms with Crippen LogP contribution >= 0.6 is 0 Å². The molecule has 164 valence electrons. The highest BCUT2D eigenvalue weighted by atomic mass is 16.5. The average molecular weight is 423 g/mol. The summed E-state index contributed by atoms with van der Waals surface area (Å²) in [5, 5.41) is 2.89. The Morgan fingerprint density at radius 1 is 1.32 bits per heavy atom. The van der Waals surface area contributed by atoms with Crippen molar-refractivity contribution >= 4 is 35.0 Å². The molecule has 1 saturated heterocycles. The number of hydrogen-bond acceptors (Lipinski definition) is 5. The molecular formula is C24H30N4O3. The van der Waals surface area contributed by atoms with E-state index >= 15 is 0 Å². The third-order valence-electron chi connectivity index (χ3n) is 6.02. The minimum atomic E-state index is -0.400. The van der Waals surface area contributed by atoms with Crippen molar-refractivity contribution in [3.63, 3.8) is 0 Å². The lowest BCUT2D eigenvalue weighted by atomic mass is 9.96. The van der Waals surface area contributed by atoms with Gasteiger partial charge in [0.05, 0.1) is 35.3 Å². The van der Waals surface area contributed by atoms with Crippen molar-refractivity contribution in [1.82, 2.24) is 9.97 Å². The number of amides is 1. The summed E-state index contributed by atoms with van der Waals surface area (Å²) in [6.07, 6.45) is 9.54. The molecule has 2 aliphatic rings. The molecule has 0 spiro atoms. The van der Waals surface area contributed by atoms with Gasteiger partial charge in [0.15, 0.2) is 0 Å². The molecule has 31 heavy (non-hydrogen) atoms. The van der Waals surface area contributed by atoms with Gasteiger partial charge in [-0.15, -0.1) is 0 Å². The molecule has 4 rings (SSSR count). The van der Waals surface area contributed by atoms with Crippen molar-refractivity contribution < 1.29 is 14.3 Å². The van der Waals surface area contributed by atoms with Crippen molar-refractivity contribution in [2.75, 3.05) is 23.4 Å². The monoisotopic (exact) mass is 422 g/mol. The molecule has 2 aliphatic heterocycles. The van der Waals surface area contributed by atoms with Crippen molar-refractivity contribution in [3.05, 3.63) is 40.8 Å². The summed E-state index contributed by atoms with van der Waals surface area (Å²) in [6.45, 7) is 7.16. The molecule has 7 heteroatoms. The van der Waals surface area contributed by atoms with Gasteiger partial charge in [-0.3, -0.25) is 4.79 Å². The van der Waals surface area contributed by atoms with E-state index in [9.17, 15) is 9.59 Å². The number of fused-ring (bicyclic) bond motifs is 1. The number of rotatable bonds is 8. The lowest BCUT2D eigenvalue weighted by Gasteiger charge is -2.42. The first-order chi connectivity index (χ1) is 15.0. The van der Waals surface area contributed by atoms with Crippen LogP contribution in [0, 0.1) is 6.92 Å². The van der Waals surface area contributed by atoms with E-state index in [0.717, 1.165) is 23.6 Å². The van der Waals surface area contributed by atoms with Crippen LogP contribution < -0.4 is 10.2 Å². The van der Waals surface area contributed by atoms with Crippen LogP contribution in [0.2, 0.25) is 0 Å². The second-order valence-corrected chi connectivity index (χ2v) is 8.23. The first-order valence-corrected chi connectivity index (χ1v) is 11.2. The summed E-state index contributed by atoms with van der Waals surface area (Å²) in [5.41, 5.74) is 3.88. The van der Waals surface area contributed by atoms with Crippen molar-refractivity contribution in [2.24, 2.45) is 0 Å². The van der Waals surface area contributed by atoms with Gasteiger partial charge < -0.3 is 19.9 Å². The fraction of sp³-hybridized carbons (Fsp3) is 0.458. The van der Waals surface area contributed by atoms with Gasteiger partial charge in [-0.05, 0) is 44.9 Å². The van der Waals surface area contributed by atoms with E-state index in [-0.39, 0.29) is 5.91 Å². The summed E-state index contributed by atoms with van der Waals surface area (Å²) in [4.78, 5) is 35.1. The van der Waals surface area contributed by atoms with E-state index in [1.807, 2.05) is 13.0 Å². The highest BCUT2D eigenvalue weighted by Gasteiger charge is 2.31. The molecule has 0 bridgehead atoms. The Labute approximate surface area is 182 Å². The third-order valence-corrected chi connectivity index (χ3v) is 6.02. The maximum absolute atomic E-state index is 12.7. The van der Waals surface area contributed by atoms with Gasteiger partial charge in [0.1, 0.15) is 5.82 Å². The molecule has 2 aromatic heterocycles. The number of aryl methyl sites for hydroxylation is 1. The summed E-state index contributed by atoms with van der Waals surface area (Å²) >= 11 is 0. The van der Waals surface area contributed by atoms with Crippen molar-refractivity contribution in [3.8, 4) is 0 Å². The number of aromatic nitrogens is 2. The van der Waals surface area contributed by atoms with Crippen LogP contribution in [-0.2, 0) is 9.53 Å². The molecule has 2 aromatic rings. The van der Waals surface area contributed by atoms with E-state index < -0.39 is 5.97 Å². The largest absolute Gasteiger partial charge is 0.462 e. The number of carbonyl (C=O) groups is 2. The Kier molecular flexibility index (Phi) is 6.11. The lowest BCUT2D eigenvalue weighted by molar-refractivity contribution is -0.110. The number of esters is 1. The molecular weight excluding hydrogens is 392 g/mol. The molecule has 4 heterocycles. The molecule has 0 unspecified atom stereocenters. The first kappa shape index (κ1) is 21.2. The molecule has 1 atom stereocenters. The normalized spacial score (nSPS) is 18.7. The first-order valence-electron chi connectivity index (χ1n) is 11.2. The van der Waals surface area contributed by atoms with Gasteiger partial charge in [0, 0.05) is 23.8 Å². The standard InChI is InChI=1S/C24H30N4O3/c1-4-6-7-8-16-9-10-28(16)22-13-17-18(23(29)27-21(17)14-25-22)12-20-19(11-15(3)26-20)24(30)31-5-2/h11-14,16,26H,4-10H2,1-3H3,(H,27,29)/b18-12-/t16-/m0/s1. The smallest absolute Gasteiger partial charge is 0.340 e. The van der Waals surface area contributed by atoms with E-state index in [0.29, 0.717) is 35.2 Å². The van der Waals surface area contributed by atoms with Gasteiger partial charge in [-0.2, -0.15) is 0 Å². The predicted octanol–water partition coefficient (Wildman–Crippen LogP) is 4.55. The van der Waals surface area contributed by atoms with Gasteiger partial charge >= 0.3 is 5.97 Å². The van der Waals surface area contributed by atoms with Gasteiger partial charge in [-0.1, -0.05) is 26.2 Å². The molecule has 0 aliphatic carbocycles. The van der Waals surface area contributed by atoms with Crippen molar-refractivity contribution in [2.45, 2.75) is 58.9 Å². The average Bonchev–Trinajstić information content (AvgIpc) is 3.24. The van der Waals surface area contributed by atoms with Crippen LogP contribution in [0.4, 0.5) is 11.5 Å². The zero-order chi connectivity index (χ0) is 22.0. The van der Waals surface area contributed by atoms with E-state index in [4.69, 9.17) is 4.74 Å². The maximum Gasteiger partial charge on any atom is 0.340 e. The number of unbranched alkanes of at least 4 members (excludes halogenated alkanes) is 2. The number of ether oxygens (including phenoxy) is 1. The van der Waals surface area contributed by atoms with E-state index in [1.54, 1.807) is 25.3 Å². The Hall–Kier alpha value is -3.09. The van der Waals surface area contributed by atoms with Crippen LogP contribution in [0.5, 0.6) is 0 Å². The number of carbonyl (C=O) groups excluding carboxylic acids is 2. The lowest BCUT2D eigenvalue weighted by Crippen LogP contribution is -2.48. The number of nitrogens with zero attached hydrogens (tertiary/aromatic N) is 2. The van der Waals surface area contributed by atoms with Gasteiger partial charge in [-0.25, -0.2) is 9.78 Å². The zero-order valence-electron chi connectivity index (χ0n) is 18.5. The van der Waals surface area contributed by atoms with E-state index in [2.05, 4.69) is 27.1 Å². The summed E-state index contributed by atoms with van der Waals surface area (Å²) in [7, 11) is 0. The third kappa shape index (κ3) is 4.22. The number of nitrogens with one attached hydrogen (secondary N) is 2. The molecule has 1 fully saturated rings. The number of H-pyrrole nitrogens is 1. The van der Waals surface area contributed by atoms with Crippen LogP contribution in [-0.4, -0.2) is 41.0 Å². The quantitative estimate of drug-likeness (QED) is 0.370. The minimum Gasteiger partial charge on any atom is -0.462 e. The van der Waals surface area contributed by atoms with Crippen LogP contribution in [0.15, 0.2) is 18.3 Å². The topological polar surface area (TPSA) is 87.3 Å². The summed E-state index contributed by atoms with van der Waals surface area (Å²) in [5.74, 6) is 0.310. The molecule has 0 saturated carbocycles. The fourth-order valence-electron chi connectivity index (χ4n) is 4.30.